The van der Waals surface area contributed by atoms with Gasteiger partial charge in [0.05, 0.1) is 12.0 Å². The number of fused-ring (bicyclic) bond motifs is 1. The average Bonchev–Trinajstić information content (AvgIpc) is 3.21. The summed E-state index contributed by atoms with van der Waals surface area (Å²) in [7, 11) is 0. The van der Waals surface area contributed by atoms with Crippen LogP contribution >= 0.6 is 0 Å². The number of carbonyl (C=O) groups is 2. The molecular weight excluding hydrogens is 455 g/mol. The highest BCUT2D eigenvalue weighted by Gasteiger charge is 2.37. The zero-order valence-electron chi connectivity index (χ0n) is 19.5. The van der Waals surface area contributed by atoms with Crippen molar-refractivity contribution in [3.05, 3.63) is 82.9 Å². The van der Waals surface area contributed by atoms with Gasteiger partial charge in [-0.05, 0) is 59.6 Å². The van der Waals surface area contributed by atoms with Crippen molar-refractivity contribution >= 4 is 23.2 Å². The van der Waals surface area contributed by atoms with E-state index < -0.39 is 23.6 Å². The molecule has 8 heteroatoms. The predicted molar refractivity (Wildman–Crippen MR) is 130 cm³/mol. The van der Waals surface area contributed by atoms with Crippen molar-refractivity contribution in [3.63, 3.8) is 0 Å². The fraction of sp³-hybridized carbons (Fsp3) is 0.259. The molecule has 0 saturated heterocycles. The Balaban J connectivity index is 1.67. The molecule has 5 nitrogen and oxygen atoms in total. The first-order chi connectivity index (χ1) is 16.7. The number of nitrogens with zero attached hydrogens (tertiary/aromatic N) is 1. The summed E-state index contributed by atoms with van der Waals surface area (Å²) in [6.07, 6.45) is -4.99. The van der Waals surface area contributed by atoms with E-state index in [9.17, 15) is 22.8 Å². The maximum absolute atomic E-state index is 13.6. The Morgan fingerprint density at radius 2 is 1.74 bits per heavy atom. The summed E-state index contributed by atoms with van der Waals surface area (Å²) in [5, 5.41) is 5.02. The molecule has 3 aromatic rings. The number of carbonyl (C=O) groups excluding carboxylic acids is 2. The first kappa shape index (κ1) is 24.5. The van der Waals surface area contributed by atoms with Gasteiger partial charge in [0.1, 0.15) is 0 Å². The number of hydrogen-bond donors (Lipinski definition) is 2. The van der Waals surface area contributed by atoms with Crippen LogP contribution in [0.4, 0.5) is 24.5 Å². The van der Waals surface area contributed by atoms with Gasteiger partial charge in [-0.3, -0.25) is 14.5 Å². The van der Waals surface area contributed by atoms with Gasteiger partial charge in [-0.25, -0.2) is 0 Å². The highest BCUT2D eigenvalue weighted by molar-refractivity contribution is 6.06. The van der Waals surface area contributed by atoms with E-state index >= 15 is 0 Å². The second-order valence-corrected chi connectivity index (χ2v) is 8.43. The molecule has 0 saturated carbocycles. The fourth-order valence-electron chi connectivity index (χ4n) is 4.31. The van der Waals surface area contributed by atoms with Crippen molar-refractivity contribution in [2.45, 2.75) is 33.0 Å². The minimum Gasteiger partial charge on any atom is -0.325 e. The minimum absolute atomic E-state index is 0.0271. The molecule has 0 unspecified atom stereocenters. The molecule has 0 atom stereocenters. The number of benzene rings is 3. The van der Waals surface area contributed by atoms with Gasteiger partial charge in [-0.2, -0.15) is 13.2 Å². The smallest absolute Gasteiger partial charge is 0.325 e. The molecule has 35 heavy (non-hydrogen) atoms. The van der Waals surface area contributed by atoms with Crippen LogP contribution in [0.5, 0.6) is 0 Å². The van der Waals surface area contributed by atoms with Crippen molar-refractivity contribution in [2.75, 3.05) is 23.7 Å². The van der Waals surface area contributed by atoms with E-state index in [-0.39, 0.29) is 23.4 Å². The summed E-state index contributed by atoms with van der Waals surface area (Å²) in [6.45, 7) is 6.42. The molecule has 0 fully saturated rings. The SMILES string of the molecule is CCN(CC)Cc1cc(C(=O)Nc2cc3c(c(C(F)(F)F)c2)CC(=O)N3)ccc1-c1ccccc1. The van der Waals surface area contributed by atoms with Gasteiger partial charge >= 0.3 is 6.18 Å². The highest BCUT2D eigenvalue weighted by atomic mass is 19.4. The second-order valence-electron chi connectivity index (χ2n) is 8.43. The summed E-state index contributed by atoms with van der Waals surface area (Å²) < 4.78 is 40.8. The number of anilines is 2. The molecule has 0 aliphatic carbocycles. The molecule has 182 valence electrons. The van der Waals surface area contributed by atoms with Crippen LogP contribution in [0.15, 0.2) is 60.7 Å². The quantitative estimate of drug-likeness (QED) is 0.438. The first-order valence-electron chi connectivity index (χ1n) is 11.5. The molecule has 1 aliphatic rings. The summed E-state index contributed by atoms with van der Waals surface area (Å²) >= 11 is 0. The molecule has 3 aromatic carbocycles. The Morgan fingerprint density at radius 3 is 2.40 bits per heavy atom. The molecular formula is C27H26F3N3O2. The normalized spacial score (nSPS) is 13.0. The van der Waals surface area contributed by atoms with Crippen LogP contribution in [0.3, 0.4) is 0 Å². The van der Waals surface area contributed by atoms with Crippen LogP contribution in [-0.4, -0.2) is 29.8 Å². The third-order valence-electron chi connectivity index (χ3n) is 6.17. The van der Waals surface area contributed by atoms with Crippen LogP contribution in [0.2, 0.25) is 0 Å². The van der Waals surface area contributed by atoms with Crippen molar-refractivity contribution < 1.29 is 22.8 Å². The third-order valence-corrected chi connectivity index (χ3v) is 6.17. The average molecular weight is 482 g/mol. The Morgan fingerprint density at radius 1 is 1.03 bits per heavy atom. The summed E-state index contributed by atoms with van der Waals surface area (Å²) in [5.74, 6) is -1.03. The lowest BCUT2D eigenvalue weighted by atomic mass is 9.96. The maximum Gasteiger partial charge on any atom is 0.416 e. The lowest BCUT2D eigenvalue weighted by Crippen LogP contribution is -2.23. The van der Waals surface area contributed by atoms with Gasteiger partial charge in [-0.1, -0.05) is 50.2 Å². The molecule has 0 aromatic heterocycles. The number of alkyl halides is 3. The van der Waals surface area contributed by atoms with Gasteiger partial charge in [0.2, 0.25) is 5.91 Å². The first-order valence-corrected chi connectivity index (χ1v) is 11.5. The minimum atomic E-state index is -4.65. The molecule has 2 amide bonds. The molecule has 4 rings (SSSR count). The van der Waals surface area contributed by atoms with Gasteiger partial charge in [-0.15, -0.1) is 0 Å². The van der Waals surface area contributed by atoms with Gasteiger partial charge in [0.25, 0.3) is 5.91 Å². The molecule has 0 radical (unpaired) electrons. The summed E-state index contributed by atoms with van der Waals surface area (Å²) in [6, 6.07) is 17.4. The summed E-state index contributed by atoms with van der Waals surface area (Å²) in [4.78, 5) is 27.0. The molecule has 0 spiro atoms. The van der Waals surface area contributed by atoms with Gasteiger partial charge in [0, 0.05) is 23.5 Å². The van der Waals surface area contributed by atoms with Crippen LogP contribution < -0.4 is 10.6 Å². The Kier molecular flexibility index (Phi) is 6.93. The lowest BCUT2D eigenvalue weighted by molar-refractivity contribution is -0.138. The largest absolute Gasteiger partial charge is 0.416 e. The second kappa shape index (κ2) is 9.92. The molecule has 1 aliphatic heterocycles. The van der Waals surface area contributed by atoms with E-state index in [0.717, 1.165) is 35.8 Å². The van der Waals surface area contributed by atoms with Crippen molar-refractivity contribution in [1.82, 2.24) is 4.90 Å². The van der Waals surface area contributed by atoms with E-state index in [1.54, 1.807) is 12.1 Å². The zero-order valence-corrected chi connectivity index (χ0v) is 19.5. The molecule has 0 bridgehead atoms. The zero-order chi connectivity index (χ0) is 25.2. The van der Waals surface area contributed by atoms with E-state index in [4.69, 9.17) is 0 Å². The van der Waals surface area contributed by atoms with Crippen LogP contribution in [-0.2, 0) is 23.9 Å². The fourth-order valence-corrected chi connectivity index (χ4v) is 4.31. The van der Waals surface area contributed by atoms with Gasteiger partial charge < -0.3 is 10.6 Å². The standard InChI is InChI=1S/C27H26F3N3O2/c1-3-33(4-2)16-19-12-18(10-11-21(19)17-8-6-5-7-9-17)26(35)31-20-13-23(27(28,29)30)22-15-25(34)32-24(22)14-20/h5-14H,3-4,15-16H2,1-2H3,(H,31,35)(H,32,34). The van der Waals surface area contributed by atoms with E-state index in [1.807, 2.05) is 36.4 Å². The van der Waals surface area contributed by atoms with Crippen LogP contribution in [0, 0.1) is 0 Å². The Labute approximate surface area is 202 Å². The molecule has 2 N–H and O–H groups in total. The van der Waals surface area contributed by atoms with Crippen molar-refractivity contribution in [1.29, 1.82) is 0 Å². The number of halogens is 3. The Hall–Kier alpha value is -3.65. The Bertz CT molecular complexity index is 1250. The molecule has 1 heterocycles. The predicted octanol–water partition coefficient (Wildman–Crippen LogP) is 5.96. The number of hydrogen-bond acceptors (Lipinski definition) is 3. The maximum atomic E-state index is 13.6. The summed E-state index contributed by atoms with van der Waals surface area (Å²) in [5.41, 5.74) is 2.32. The van der Waals surface area contributed by atoms with Gasteiger partial charge in [0.15, 0.2) is 0 Å². The van der Waals surface area contributed by atoms with E-state index in [1.165, 1.54) is 6.07 Å². The van der Waals surface area contributed by atoms with Crippen LogP contribution in [0.1, 0.15) is 40.9 Å². The highest BCUT2D eigenvalue weighted by Crippen LogP contribution is 2.40. The monoisotopic (exact) mass is 481 g/mol. The third kappa shape index (κ3) is 5.38. The van der Waals surface area contributed by atoms with E-state index in [2.05, 4.69) is 29.4 Å². The number of nitrogens with one attached hydrogen (secondary N) is 2. The number of rotatable bonds is 7. The topological polar surface area (TPSA) is 61.4 Å². The van der Waals surface area contributed by atoms with Crippen molar-refractivity contribution in [3.8, 4) is 11.1 Å². The van der Waals surface area contributed by atoms with Crippen molar-refractivity contribution in [2.24, 2.45) is 0 Å². The number of amides is 2. The lowest BCUT2D eigenvalue weighted by Gasteiger charge is -2.21. The van der Waals surface area contributed by atoms with E-state index in [0.29, 0.717) is 12.1 Å². The van der Waals surface area contributed by atoms with Crippen LogP contribution in [0.25, 0.3) is 11.1 Å².